The van der Waals surface area contributed by atoms with Crippen LogP contribution in [0, 0.1) is 0 Å². The third kappa shape index (κ3) is 5.43. The minimum Gasteiger partial charge on any atom is -0.468 e. The lowest BCUT2D eigenvalue weighted by Gasteiger charge is -2.17. The molecular formula is C22H21NO5S. The molecule has 6 nitrogen and oxygen atoms in total. The number of esters is 1. The Morgan fingerprint density at radius 2 is 1.48 bits per heavy atom. The van der Waals surface area contributed by atoms with Crippen LogP contribution >= 0.6 is 0 Å². The SMILES string of the molecule is COC(=O)C(NCc1ccccc1)c1ccc(OS(=O)(=O)c2ccccc2)cc1. The Balaban J connectivity index is 1.74. The van der Waals surface area contributed by atoms with E-state index in [-0.39, 0.29) is 10.6 Å². The molecule has 0 spiro atoms. The first-order chi connectivity index (χ1) is 14.0. The normalized spacial score (nSPS) is 12.2. The predicted molar refractivity (Wildman–Crippen MR) is 109 cm³/mol. The molecule has 0 fully saturated rings. The van der Waals surface area contributed by atoms with Gasteiger partial charge in [0.1, 0.15) is 16.7 Å². The van der Waals surface area contributed by atoms with E-state index < -0.39 is 22.1 Å². The summed E-state index contributed by atoms with van der Waals surface area (Å²) in [4.78, 5) is 12.3. The van der Waals surface area contributed by atoms with Crippen molar-refractivity contribution in [1.29, 1.82) is 0 Å². The minimum absolute atomic E-state index is 0.0704. The van der Waals surface area contributed by atoms with Crippen LogP contribution in [0.1, 0.15) is 17.2 Å². The standard InChI is InChI=1S/C22H21NO5S/c1-27-22(24)21(23-16-17-8-4-2-5-9-17)18-12-14-19(15-13-18)28-29(25,26)20-10-6-3-7-11-20/h2-15,21,23H,16H2,1H3. The van der Waals surface area contributed by atoms with Crippen LogP contribution in [0.3, 0.4) is 0 Å². The van der Waals surface area contributed by atoms with Crippen LogP contribution in [-0.2, 0) is 26.2 Å². The highest BCUT2D eigenvalue weighted by atomic mass is 32.2. The van der Waals surface area contributed by atoms with E-state index in [1.165, 1.54) is 31.4 Å². The van der Waals surface area contributed by atoms with Crippen molar-refractivity contribution >= 4 is 16.1 Å². The molecule has 0 aromatic heterocycles. The lowest BCUT2D eigenvalue weighted by molar-refractivity contribution is -0.143. The molecule has 0 saturated heterocycles. The molecule has 0 aliphatic rings. The van der Waals surface area contributed by atoms with Crippen LogP contribution < -0.4 is 9.50 Å². The van der Waals surface area contributed by atoms with Gasteiger partial charge in [0.25, 0.3) is 0 Å². The van der Waals surface area contributed by atoms with Gasteiger partial charge < -0.3 is 8.92 Å². The largest absolute Gasteiger partial charge is 0.468 e. The molecule has 0 bridgehead atoms. The van der Waals surface area contributed by atoms with Crippen molar-refractivity contribution in [2.45, 2.75) is 17.5 Å². The number of hydrogen-bond acceptors (Lipinski definition) is 6. The minimum atomic E-state index is -3.92. The lowest BCUT2D eigenvalue weighted by atomic mass is 10.1. The molecule has 3 rings (SSSR count). The monoisotopic (exact) mass is 411 g/mol. The van der Waals surface area contributed by atoms with Gasteiger partial charge in [-0.25, -0.2) is 4.79 Å². The van der Waals surface area contributed by atoms with Crippen LogP contribution in [0.15, 0.2) is 89.8 Å². The molecule has 0 saturated carbocycles. The Kier molecular flexibility index (Phi) is 6.64. The summed E-state index contributed by atoms with van der Waals surface area (Å²) >= 11 is 0. The highest BCUT2D eigenvalue weighted by Crippen LogP contribution is 2.22. The first-order valence-electron chi connectivity index (χ1n) is 8.94. The Labute approximate surface area is 170 Å². The van der Waals surface area contributed by atoms with Gasteiger partial charge in [-0.1, -0.05) is 60.7 Å². The first-order valence-corrected chi connectivity index (χ1v) is 10.3. The number of carbonyl (C=O) groups is 1. The van der Waals surface area contributed by atoms with Gasteiger partial charge in [0, 0.05) is 6.54 Å². The second-order valence-electron chi connectivity index (χ2n) is 6.24. The zero-order chi connectivity index (χ0) is 20.7. The second-order valence-corrected chi connectivity index (χ2v) is 7.79. The van der Waals surface area contributed by atoms with Gasteiger partial charge in [0.15, 0.2) is 0 Å². The summed E-state index contributed by atoms with van der Waals surface area (Å²) in [5, 5.41) is 3.16. The van der Waals surface area contributed by atoms with Crippen molar-refractivity contribution in [1.82, 2.24) is 5.32 Å². The van der Waals surface area contributed by atoms with Gasteiger partial charge in [-0.15, -0.1) is 0 Å². The fourth-order valence-corrected chi connectivity index (χ4v) is 3.70. The molecule has 3 aromatic carbocycles. The maximum Gasteiger partial charge on any atom is 0.339 e. The molecule has 0 heterocycles. The molecular weight excluding hydrogens is 390 g/mol. The molecule has 150 valence electrons. The first kappa shape index (κ1) is 20.6. The molecule has 1 atom stereocenters. The van der Waals surface area contributed by atoms with E-state index in [0.29, 0.717) is 12.1 Å². The van der Waals surface area contributed by atoms with Crippen LogP contribution in [0.25, 0.3) is 0 Å². The van der Waals surface area contributed by atoms with Gasteiger partial charge in [-0.2, -0.15) is 8.42 Å². The average molecular weight is 411 g/mol. The van der Waals surface area contributed by atoms with Gasteiger partial charge in [0.2, 0.25) is 0 Å². The van der Waals surface area contributed by atoms with Crippen molar-refractivity contribution in [3.8, 4) is 5.75 Å². The summed E-state index contributed by atoms with van der Waals surface area (Å²) in [7, 11) is -2.60. The summed E-state index contributed by atoms with van der Waals surface area (Å²) in [5.41, 5.74) is 1.66. The predicted octanol–water partition coefficient (Wildman–Crippen LogP) is 3.46. The summed E-state index contributed by atoms with van der Waals surface area (Å²) in [6.45, 7) is 0.473. The van der Waals surface area contributed by atoms with Crippen LogP contribution in [0.4, 0.5) is 0 Å². The van der Waals surface area contributed by atoms with Gasteiger partial charge in [-0.05, 0) is 35.4 Å². The second kappa shape index (κ2) is 9.36. The third-order valence-corrected chi connectivity index (χ3v) is 5.50. The van der Waals surface area contributed by atoms with Crippen molar-refractivity contribution in [2.24, 2.45) is 0 Å². The molecule has 0 aliphatic carbocycles. The van der Waals surface area contributed by atoms with Gasteiger partial charge in [-0.3, -0.25) is 5.32 Å². The number of benzene rings is 3. The topological polar surface area (TPSA) is 81.7 Å². The van der Waals surface area contributed by atoms with E-state index in [9.17, 15) is 13.2 Å². The smallest absolute Gasteiger partial charge is 0.339 e. The summed E-state index contributed by atoms with van der Waals surface area (Å²) in [5.74, 6) is -0.282. The molecule has 1 N–H and O–H groups in total. The van der Waals surface area contributed by atoms with E-state index in [2.05, 4.69) is 5.32 Å². The van der Waals surface area contributed by atoms with Crippen molar-refractivity contribution in [3.63, 3.8) is 0 Å². The molecule has 0 radical (unpaired) electrons. The van der Waals surface area contributed by atoms with Crippen molar-refractivity contribution < 1.29 is 22.1 Å². The summed E-state index contributed by atoms with van der Waals surface area (Å²) in [6.07, 6.45) is 0. The Bertz CT molecular complexity index is 1040. The fourth-order valence-electron chi connectivity index (χ4n) is 2.75. The molecule has 1 unspecified atom stereocenters. The van der Waals surface area contributed by atoms with Crippen LogP contribution in [0.2, 0.25) is 0 Å². The average Bonchev–Trinajstić information content (AvgIpc) is 2.76. The van der Waals surface area contributed by atoms with Crippen molar-refractivity contribution in [2.75, 3.05) is 7.11 Å². The zero-order valence-corrected chi connectivity index (χ0v) is 16.6. The Morgan fingerprint density at radius 3 is 2.07 bits per heavy atom. The van der Waals surface area contributed by atoms with Gasteiger partial charge >= 0.3 is 16.1 Å². The molecule has 29 heavy (non-hydrogen) atoms. The summed E-state index contributed by atoms with van der Waals surface area (Å²) in [6, 6.07) is 23.2. The third-order valence-electron chi connectivity index (χ3n) is 4.24. The number of nitrogens with one attached hydrogen (secondary N) is 1. The van der Waals surface area contributed by atoms with Crippen molar-refractivity contribution in [3.05, 3.63) is 96.1 Å². The quantitative estimate of drug-likeness (QED) is 0.452. The maximum atomic E-state index is 12.3. The van der Waals surface area contributed by atoms with E-state index in [1.54, 1.807) is 30.3 Å². The molecule has 0 amide bonds. The fraction of sp³-hybridized carbons (Fsp3) is 0.136. The van der Waals surface area contributed by atoms with E-state index in [4.69, 9.17) is 8.92 Å². The number of carbonyl (C=O) groups excluding carboxylic acids is 1. The Hall–Kier alpha value is -3.16. The molecule has 0 aliphatic heterocycles. The maximum absolute atomic E-state index is 12.3. The highest BCUT2D eigenvalue weighted by molar-refractivity contribution is 7.87. The number of rotatable bonds is 8. The molecule has 3 aromatic rings. The van der Waals surface area contributed by atoms with E-state index >= 15 is 0 Å². The Morgan fingerprint density at radius 1 is 0.897 bits per heavy atom. The number of ether oxygens (including phenoxy) is 1. The number of methoxy groups -OCH3 is 1. The van der Waals surface area contributed by atoms with E-state index in [1.807, 2.05) is 30.3 Å². The molecule has 7 heteroatoms. The zero-order valence-electron chi connectivity index (χ0n) is 15.8. The van der Waals surface area contributed by atoms with Crippen LogP contribution in [-0.4, -0.2) is 21.5 Å². The van der Waals surface area contributed by atoms with Gasteiger partial charge in [0.05, 0.1) is 7.11 Å². The van der Waals surface area contributed by atoms with Crippen LogP contribution in [0.5, 0.6) is 5.75 Å². The lowest BCUT2D eigenvalue weighted by Crippen LogP contribution is -2.29. The number of hydrogen-bond donors (Lipinski definition) is 1. The summed E-state index contributed by atoms with van der Waals surface area (Å²) < 4.78 is 34.7. The highest BCUT2D eigenvalue weighted by Gasteiger charge is 2.22. The van der Waals surface area contributed by atoms with E-state index in [0.717, 1.165) is 5.56 Å².